The number of halogens is 1. The highest BCUT2D eigenvalue weighted by Crippen LogP contribution is 2.26. The summed E-state index contributed by atoms with van der Waals surface area (Å²) in [6.45, 7) is 0.947. The third kappa shape index (κ3) is 4.89. The second-order valence-corrected chi connectivity index (χ2v) is 5.86. The quantitative estimate of drug-likeness (QED) is 0.650. The van der Waals surface area contributed by atoms with Gasteiger partial charge in [0.25, 0.3) is 0 Å². The van der Waals surface area contributed by atoms with Crippen molar-refractivity contribution in [3.8, 4) is 0 Å². The summed E-state index contributed by atoms with van der Waals surface area (Å²) in [4.78, 5) is 21.7. The molecule has 0 bridgehead atoms. The lowest BCUT2D eigenvalue weighted by molar-refractivity contribution is -0.109. The molecule has 5 nitrogen and oxygen atoms in total. The number of hydrogen-bond acceptors (Lipinski definition) is 5. The number of rotatable bonds is 4. The van der Waals surface area contributed by atoms with E-state index < -0.39 is 11.8 Å². The predicted octanol–water partition coefficient (Wildman–Crippen LogP) is 2.99. The first-order valence-electron chi connectivity index (χ1n) is 8.40. The summed E-state index contributed by atoms with van der Waals surface area (Å²) in [5, 5.41) is 5.95. The van der Waals surface area contributed by atoms with Gasteiger partial charge in [0.2, 0.25) is 0 Å². The SMILES string of the molecule is CNc1ccc(C(=O)OC)c(F)c1.O=CC1NCCC1c1ccccc1. The zero-order valence-corrected chi connectivity index (χ0v) is 14.9. The van der Waals surface area contributed by atoms with Crippen molar-refractivity contribution < 1.29 is 18.7 Å². The Balaban J connectivity index is 0.000000187. The fourth-order valence-corrected chi connectivity index (χ4v) is 2.89. The average molecular weight is 358 g/mol. The normalized spacial score (nSPS) is 18.4. The zero-order chi connectivity index (χ0) is 18.9. The Bertz CT molecular complexity index is 737. The molecular weight excluding hydrogens is 335 g/mol. The lowest BCUT2D eigenvalue weighted by atomic mass is 9.93. The number of nitrogens with one attached hydrogen (secondary N) is 2. The third-order valence-electron chi connectivity index (χ3n) is 4.31. The smallest absolute Gasteiger partial charge is 0.340 e. The van der Waals surface area contributed by atoms with Gasteiger partial charge in [0.15, 0.2) is 0 Å². The number of hydrogen-bond donors (Lipinski definition) is 2. The Morgan fingerprint density at radius 3 is 2.58 bits per heavy atom. The molecule has 2 atom stereocenters. The molecule has 138 valence electrons. The van der Waals surface area contributed by atoms with E-state index in [1.165, 1.54) is 24.8 Å². The van der Waals surface area contributed by atoms with E-state index in [4.69, 9.17) is 0 Å². The number of aldehydes is 1. The van der Waals surface area contributed by atoms with E-state index in [9.17, 15) is 14.0 Å². The van der Waals surface area contributed by atoms with Gasteiger partial charge in [0.1, 0.15) is 12.1 Å². The molecule has 1 aliphatic rings. The number of anilines is 1. The first-order valence-corrected chi connectivity index (χ1v) is 8.40. The minimum atomic E-state index is -0.667. The van der Waals surface area contributed by atoms with Crippen LogP contribution in [0.5, 0.6) is 0 Å². The topological polar surface area (TPSA) is 67.4 Å². The third-order valence-corrected chi connectivity index (χ3v) is 4.31. The fraction of sp³-hybridized carbons (Fsp3) is 0.300. The number of methoxy groups -OCH3 is 1. The van der Waals surface area contributed by atoms with Gasteiger partial charge in [0.05, 0.1) is 18.7 Å². The summed E-state index contributed by atoms with van der Waals surface area (Å²) < 4.78 is 17.5. The molecule has 26 heavy (non-hydrogen) atoms. The van der Waals surface area contributed by atoms with E-state index in [0.717, 1.165) is 19.3 Å². The molecule has 0 amide bonds. The van der Waals surface area contributed by atoms with Crippen LogP contribution in [0.1, 0.15) is 28.3 Å². The van der Waals surface area contributed by atoms with Crippen LogP contribution in [0.4, 0.5) is 10.1 Å². The zero-order valence-electron chi connectivity index (χ0n) is 14.9. The predicted molar refractivity (Wildman–Crippen MR) is 98.9 cm³/mol. The van der Waals surface area contributed by atoms with Crippen molar-refractivity contribution in [3.63, 3.8) is 0 Å². The number of carbonyl (C=O) groups excluding carboxylic acids is 2. The van der Waals surface area contributed by atoms with Crippen molar-refractivity contribution in [2.24, 2.45) is 0 Å². The van der Waals surface area contributed by atoms with Gasteiger partial charge in [-0.1, -0.05) is 30.3 Å². The van der Waals surface area contributed by atoms with Crippen LogP contribution in [-0.4, -0.2) is 39.0 Å². The van der Waals surface area contributed by atoms with Crippen molar-refractivity contribution >= 4 is 17.9 Å². The molecule has 6 heteroatoms. The molecule has 2 unspecified atom stereocenters. The second kappa shape index (κ2) is 9.68. The number of ether oxygens (including phenoxy) is 1. The summed E-state index contributed by atoms with van der Waals surface area (Å²) in [6.07, 6.45) is 2.08. The maximum atomic E-state index is 13.1. The van der Waals surface area contributed by atoms with Gasteiger partial charge in [-0.05, 0) is 36.7 Å². The van der Waals surface area contributed by atoms with Crippen LogP contribution in [-0.2, 0) is 9.53 Å². The standard InChI is InChI=1S/C11H13NO.C9H10FNO2/c13-8-11-10(6-7-12-11)9-4-2-1-3-5-9;1-11-6-3-4-7(8(10)5-6)9(12)13-2/h1-5,8,10-12H,6-7H2;3-5,11H,1-2H3. The van der Waals surface area contributed by atoms with Gasteiger partial charge < -0.3 is 20.2 Å². The number of carbonyl (C=O) groups is 2. The van der Waals surface area contributed by atoms with Crippen molar-refractivity contribution in [2.75, 3.05) is 26.0 Å². The highest BCUT2D eigenvalue weighted by Gasteiger charge is 2.27. The summed E-state index contributed by atoms with van der Waals surface area (Å²) in [6, 6.07) is 14.5. The van der Waals surface area contributed by atoms with Crippen molar-refractivity contribution in [1.29, 1.82) is 0 Å². The summed E-state index contributed by atoms with van der Waals surface area (Å²) in [5.74, 6) is -0.877. The Labute approximate surface area is 152 Å². The molecule has 1 fully saturated rings. The van der Waals surface area contributed by atoms with E-state index in [0.29, 0.717) is 11.6 Å². The van der Waals surface area contributed by atoms with Gasteiger partial charge in [-0.25, -0.2) is 9.18 Å². The molecule has 1 heterocycles. The van der Waals surface area contributed by atoms with E-state index in [1.54, 1.807) is 13.1 Å². The maximum absolute atomic E-state index is 13.1. The number of esters is 1. The van der Waals surface area contributed by atoms with Crippen LogP contribution < -0.4 is 10.6 Å². The highest BCUT2D eigenvalue weighted by molar-refractivity contribution is 5.90. The van der Waals surface area contributed by atoms with E-state index in [1.807, 2.05) is 18.2 Å². The molecule has 3 rings (SSSR count). The fourth-order valence-electron chi connectivity index (χ4n) is 2.89. The van der Waals surface area contributed by atoms with Crippen molar-refractivity contribution in [1.82, 2.24) is 5.32 Å². The molecule has 0 aliphatic carbocycles. The lowest BCUT2D eigenvalue weighted by Gasteiger charge is -2.13. The Kier molecular flexibility index (Phi) is 7.29. The largest absolute Gasteiger partial charge is 0.465 e. The summed E-state index contributed by atoms with van der Waals surface area (Å²) in [5.41, 5.74) is 1.83. The molecule has 0 aromatic heterocycles. The van der Waals surface area contributed by atoms with Gasteiger partial charge in [-0.3, -0.25) is 0 Å². The van der Waals surface area contributed by atoms with Crippen LogP contribution in [0.2, 0.25) is 0 Å². The van der Waals surface area contributed by atoms with Gasteiger partial charge in [-0.2, -0.15) is 0 Å². The van der Waals surface area contributed by atoms with Crippen molar-refractivity contribution in [3.05, 3.63) is 65.5 Å². The molecule has 0 radical (unpaired) electrons. The molecule has 0 spiro atoms. The summed E-state index contributed by atoms with van der Waals surface area (Å²) in [7, 11) is 2.89. The molecule has 2 N–H and O–H groups in total. The minimum absolute atomic E-state index is 0.0161. The Hall–Kier alpha value is -2.73. The average Bonchev–Trinajstić information content (AvgIpc) is 3.17. The summed E-state index contributed by atoms with van der Waals surface area (Å²) >= 11 is 0. The van der Waals surface area contributed by atoms with E-state index in [2.05, 4.69) is 27.5 Å². The van der Waals surface area contributed by atoms with Crippen LogP contribution in [0.15, 0.2) is 48.5 Å². The van der Waals surface area contributed by atoms with Crippen LogP contribution in [0, 0.1) is 5.82 Å². The van der Waals surface area contributed by atoms with Gasteiger partial charge >= 0.3 is 5.97 Å². The molecule has 1 saturated heterocycles. The Morgan fingerprint density at radius 2 is 2.00 bits per heavy atom. The van der Waals surface area contributed by atoms with Gasteiger partial charge in [-0.15, -0.1) is 0 Å². The molecule has 0 saturated carbocycles. The first kappa shape index (κ1) is 19.6. The first-order chi connectivity index (χ1) is 12.6. The van der Waals surface area contributed by atoms with Crippen molar-refractivity contribution in [2.45, 2.75) is 18.4 Å². The minimum Gasteiger partial charge on any atom is -0.465 e. The molecule has 2 aromatic carbocycles. The van der Waals surface area contributed by atoms with Gasteiger partial charge in [0, 0.05) is 18.7 Å². The second-order valence-electron chi connectivity index (χ2n) is 5.86. The molecular formula is C20H23FN2O3. The monoisotopic (exact) mass is 358 g/mol. The maximum Gasteiger partial charge on any atom is 0.340 e. The van der Waals surface area contributed by atoms with E-state index >= 15 is 0 Å². The van der Waals surface area contributed by atoms with Crippen LogP contribution in [0.3, 0.4) is 0 Å². The molecule has 2 aromatic rings. The van der Waals surface area contributed by atoms with E-state index in [-0.39, 0.29) is 11.6 Å². The number of benzene rings is 2. The van der Waals surface area contributed by atoms with Crippen LogP contribution in [0.25, 0.3) is 0 Å². The lowest BCUT2D eigenvalue weighted by Crippen LogP contribution is -2.27. The molecule has 1 aliphatic heterocycles. The highest BCUT2D eigenvalue weighted by atomic mass is 19.1. The van der Waals surface area contributed by atoms with Crippen LogP contribution >= 0.6 is 0 Å². The Morgan fingerprint density at radius 1 is 1.27 bits per heavy atom.